The molecule has 0 aliphatic rings. The lowest BCUT2D eigenvalue weighted by atomic mass is 10.3. The maximum atomic E-state index is 5.31. The van der Waals surface area contributed by atoms with Crippen LogP contribution in [0.5, 0.6) is 0 Å². The third kappa shape index (κ3) is 1.60. The molecule has 2 nitrogen and oxygen atoms in total. The standard InChI is InChI=1S/C6H10N2/c1-4-5(2)6(7)8-3/h4H,1,3,7H2,2H3/b6-5-. The van der Waals surface area contributed by atoms with Crippen molar-refractivity contribution < 1.29 is 0 Å². The monoisotopic (exact) mass is 110 g/mol. The maximum absolute atomic E-state index is 5.31. The molecule has 44 valence electrons. The molecule has 0 fully saturated rings. The Morgan fingerprint density at radius 2 is 2.25 bits per heavy atom. The molecule has 0 aliphatic heterocycles. The van der Waals surface area contributed by atoms with E-state index in [-0.39, 0.29) is 0 Å². The largest absolute Gasteiger partial charge is 0.384 e. The van der Waals surface area contributed by atoms with Crippen molar-refractivity contribution in [2.45, 2.75) is 6.92 Å². The second-order valence-corrected chi connectivity index (χ2v) is 1.43. The van der Waals surface area contributed by atoms with E-state index >= 15 is 0 Å². The summed E-state index contributed by atoms with van der Waals surface area (Å²) in [5, 5.41) is 0. The Morgan fingerprint density at radius 3 is 2.38 bits per heavy atom. The van der Waals surface area contributed by atoms with Gasteiger partial charge in [-0.2, -0.15) is 0 Å². The van der Waals surface area contributed by atoms with Crippen molar-refractivity contribution >= 4 is 6.72 Å². The van der Waals surface area contributed by atoms with Crippen LogP contribution < -0.4 is 5.73 Å². The Bertz CT molecular complexity index is 117. The summed E-state index contributed by atoms with van der Waals surface area (Å²) >= 11 is 0. The molecule has 0 spiro atoms. The summed E-state index contributed by atoms with van der Waals surface area (Å²) in [6.45, 7) is 8.58. The Balaban J connectivity index is 4.25. The van der Waals surface area contributed by atoms with Gasteiger partial charge in [0, 0.05) is 0 Å². The first-order chi connectivity index (χ1) is 3.72. The van der Waals surface area contributed by atoms with Gasteiger partial charge in [-0.1, -0.05) is 12.7 Å². The average molecular weight is 110 g/mol. The minimum absolute atomic E-state index is 0.444. The number of hydrogen-bond acceptors (Lipinski definition) is 2. The fourth-order valence-corrected chi connectivity index (χ4v) is 0.229. The first-order valence-electron chi connectivity index (χ1n) is 2.28. The molecule has 0 unspecified atom stereocenters. The van der Waals surface area contributed by atoms with Gasteiger partial charge in [-0.15, -0.1) is 0 Å². The van der Waals surface area contributed by atoms with Gasteiger partial charge in [-0.25, -0.2) is 4.99 Å². The predicted molar refractivity (Wildman–Crippen MR) is 36.6 cm³/mol. The molecular weight excluding hydrogens is 100 g/mol. The summed E-state index contributed by atoms with van der Waals surface area (Å²) in [6.07, 6.45) is 1.64. The normalized spacial score (nSPS) is 12.1. The van der Waals surface area contributed by atoms with Gasteiger partial charge in [-0.3, -0.25) is 0 Å². The lowest BCUT2D eigenvalue weighted by Gasteiger charge is -1.91. The molecule has 2 heteroatoms. The molecule has 0 atom stereocenters. The van der Waals surface area contributed by atoms with E-state index in [0.717, 1.165) is 5.57 Å². The summed E-state index contributed by atoms with van der Waals surface area (Å²) in [5.74, 6) is 0.444. The number of aliphatic imine (C=N–C) groups is 1. The van der Waals surface area contributed by atoms with Crippen LogP contribution in [-0.4, -0.2) is 6.72 Å². The molecule has 0 aromatic carbocycles. The van der Waals surface area contributed by atoms with E-state index in [2.05, 4.69) is 18.3 Å². The number of nitrogens with two attached hydrogens (primary N) is 1. The highest BCUT2D eigenvalue weighted by Gasteiger charge is 1.84. The van der Waals surface area contributed by atoms with Gasteiger partial charge in [-0.05, 0) is 19.2 Å². The van der Waals surface area contributed by atoms with E-state index in [1.165, 1.54) is 0 Å². The van der Waals surface area contributed by atoms with Crippen molar-refractivity contribution in [1.82, 2.24) is 0 Å². The second-order valence-electron chi connectivity index (χ2n) is 1.43. The van der Waals surface area contributed by atoms with E-state index in [9.17, 15) is 0 Å². The van der Waals surface area contributed by atoms with E-state index in [0.29, 0.717) is 5.82 Å². The van der Waals surface area contributed by atoms with Crippen molar-refractivity contribution in [2.24, 2.45) is 10.7 Å². The number of allylic oxidation sites excluding steroid dienone is 2. The summed E-state index contributed by atoms with van der Waals surface area (Å²) in [7, 11) is 0. The van der Waals surface area contributed by atoms with E-state index in [1.807, 2.05) is 6.92 Å². The van der Waals surface area contributed by atoms with E-state index in [1.54, 1.807) is 6.08 Å². The van der Waals surface area contributed by atoms with Crippen LogP contribution in [0.1, 0.15) is 6.92 Å². The fourth-order valence-electron chi connectivity index (χ4n) is 0.229. The highest BCUT2D eigenvalue weighted by molar-refractivity contribution is 5.31. The molecule has 0 aromatic rings. The highest BCUT2D eigenvalue weighted by Crippen LogP contribution is 1.97. The Kier molecular flexibility index (Phi) is 2.62. The van der Waals surface area contributed by atoms with E-state index in [4.69, 9.17) is 5.73 Å². The van der Waals surface area contributed by atoms with Crippen LogP contribution in [0.4, 0.5) is 0 Å². The van der Waals surface area contributed by atoms with Crippen LogP contribution in [0.25, 0.3) is 0 Å². The van der Waals surface area contributed by atoms with Crippen molar-refractivity contribution in [2.75, 3.05) is 0 Å². The van der Waals surface area contributed by atoms with Crippen LogP contribution in [0.2, 0.25) is 0 Å². The average Bonchev–Trinajstić information content (AvgIpc) is 1.84. The number of rotatable bonds is 2. The van der Waals surface area contributed by atoms with Crippen LogP contribution in [0.3, 0.4) is 0 Å². The Hall–Kier alpha value is -1.05. The molecule has 0 rings (SSSR count). The zero-order valence-electron chi connectivity index (χ0n) is 5.02. The van der Waals surface area contributed by atoms with Crippen molar-refractivity contribution in [3.8, 4) is 0 Å². The van der Waals surface area contributed by atoms with Crippen LogP contribution in [0.15, 0.2) is 29.0 Å². The molecule has 8 heavy (non-hydrogen) atoms. The summed E-state index contributed by atoms with van der Waals surface area (Å²) in [5.41, 5.74) is 6.17. The summed E-state index contributed by atoms with van der Waals surface area (Å²) in [4.78, 5) is 3.50. The molecule has 0 saturated carbocycles. The summed E-state index contributed by atoms with van der Waals surface area (Å²) in [6, 6.07) is 0. The van der Waals surface area contributed by atoms with Crippen molar-refractivity contribution in [3.63, 3.8) is 0 Å². The van der Waals surface area contributed by atoms with Crippen LogP contribution in [0, 0.1) is 0 Å². The minimum atomic E-state index is 0.444. The van der Waals surface area contributed by atoms with Gasteiger partial charge < -0.3 is 5.73 Å². The van der Waals surface area contributed by atoms with Crippen molar-refractivity contribution in [1.29, 1.82) is 0 Å². The second kappa shape index (κ2) is 3.02. The SMILES string of the molecule is C=C/C(C)=C(/N)N=C. The topological polar surface area (TPSA) is 38.4 Å². The molecule has 0 heterocycles. The lowest BCUT2D eigenvalue weighted by Crippen LogP contribution is -1.94. The molecule has 0 amide bonds. The van der Waals surface area contributed by atoms with Gasteiger partial charge >= 0.3 is 0 Å². The minimum Gasteiger partial charge on any atom is -0.384 e. The van der Waals surface area contributed by atoms with Gasteiger partial charge in [0.1, 0.15) is 5.82 Å². The predicted octanol–water partition coefficient (Wildman–Crippen LogP) is 1.06. The first kappa shape index (κ1) is 6.95. The van der Waals surface area contributed by atoms with Gasteiger partial charge in [0.25, 0.3) is 0 Å². The third-order valence-electron chi connectivity index (χ3n) is 0.881. The summed E-state index contributed by atoms with van der Waals surface area (Å²) < 4.78 is 0. The Morgan fingerprint density at radius 1 is 1.75 bits per heavy atom. The number of hydrogen-bond donors (Lipinski definition) is 1. The smallest absolute Gasteiger partial charge is 0.125 e. The van der Waals surface area contributed by atoms with Crippen LogP contribution in [-0.2, 0) is 0 Å². The zero-order valence-corrected chi connectivity index (χ0v) is 5.02. The zero-order chi connectivity index (χ0) is 6.57. The molecule has 0 radical (unpaired) electrons. The van der Waals surface area contributed by atoms with Crippen LogP contribution >= 0.6 is 0 Å². The molecule has 0 saturated heterocycles. The molecule has 0 bridgehead atoms. The van der Waals surface area contributed by atoms with E-state index < -0.39 is 0 Å². The molecular formula is C6H10N2. The molecule has 0 aromatic heterocycles. The molecule has 2 N–H and O–H groups in total. The first-order valence-corrected chi connectivity index (χ1v) is 2.28. The third-order valence-corrected chi connectivity index (χ3v) is 0.881. The quantitative estimate of drug-likeness (QED) is 0.419. The Labute approximate surface area is 49.4 Å². The molecule has 0 aliphatic carbocycles. The van der Waals surface area contributed by atoms with Gasteiger partial charge in [0.15, 0.2) is 0 Å². The maximum Gasteiger partial charge on any atom is 0.125 e. The lowest BCUT2D eigenvalue weighted by molar-refractivity contribution is 1.20. The van der Waals surface area contributed by atoms with Crippen molar-refractivity contribution in [3.05, 3.63) is 24.0 Å². The van der Waals surface area contributed by atoms with Gasteiger partial charge in [0.2, 0.25) is 0 Å². The fraction of sp³-hybridized carbons (Fsp3) is 0.167. The number of nitrogens with zero attached hydrogens (tertiary/aromatic N) is 1. The highest BCUT2D eigenvalue weighted by atomic mass is 14.9. The van der Waals surface area contributed by atoms with Gasteiger partial charge in [0.05, 0.1) is 0 Å².